The molecular weight excluding hydrogens is 494 g/mol. The summed E-state index contributed by atoms with van der Waals surface area (Å²) >= 11 is 0. The quantitative estimate of drug-likeness (QED) is 0.235. The fraction of sp³-hybridized carbons (Fsp3) is 0.312. The van der Waals surface area contributed by atoms with Crippen LogP contribution in [0.2, 0.25) is 0 Å². The van der Waals surface area contributed by atoms with E-state index in [1.807, 2.05) is 51.1 Å². The molecule has 0 unspecified atom stereocenters. The zero-order chi connectivity index (χ0) is 28.0. The van der Waals surface area contributed by atoms with Crippen LogP contribution in [-0.4, -0.2) is 24.8 Å². The van der Waals surface area contributed by atoms with Crippen LogP contribution in [0.25, 0.3) is 22.1 Å². The van der Waals surface area contributed by atoms with E-state index in [2.05, 4.69) is 42.6 Å². The van der Waals surface area contributed by atoms with Gasteiger partial charge in [0.1, 0.15) is 23.5 Å². The molecule has 4 aromatic rings. The van der Waals surface area contributed by atoms with Crippen LogP contribution < -0.4 is 10.1 Å². The molecule has 39 heavy (non-hydrogen) atoms. The van der Waals surface area contributed by atoms with Crippen molar-refractivity contribution in [3.8, 4) is 16.9 Å². The van der Waals surface area contributed by atoms with Gasteiger partial charge in [-0.2, -0.15) is 0 Å². The fourth-order valence-electron chi connectivity index (χ4n) is 4.30. The number of esters is 1. The molecule has 0 aliphatic rings. The highest BCUT2D eigenvalue weighted by Gasteiger charge is 2.17. The van der Waals surface area contributed by atoms with E-state index in [-0.39, 0.29) is 18.9 Å². The molecule has 0 spiro atoms. The van der Waals surface area contributed by atoms with Crippen molar-refractivity contribution in [2.24, 2.45) is 0 Å². The summed E-state index contributed by atoms with van der Waals surface area (Å²) in [4.78, 5) is 24.2. The summed E-state index contributed by atoms with van der Waals surface area (Å²) in [5.74, 6) is 0.193. The lowest BCUT2D eigenvalue weighted by molar-refractivity contribution is -0.139. The van der Waals surface area contributed by atoms with Gasteiger partial charge in [0.15, 0.2) is 0 Å². The highest BCUT2D eigenvalue weighted by molar-refractivity contribution is 5.93. The minimum atomic E-state index is -0.587. The Kier molecular flexibility index (Phi) is 8.59. The molecule has 7 nitrogen and oxygen atoms in total. The lowest BCUT2D eigenvalue weighted by Crippen LogP contribution is -2.32. The Balaban J connectivity index is 1.56. The molecule has 3 aromatic carbocycles. The molecule has 0 aliphatic carbocycles. The van der Waals surface area contributed by atoms with Crippen LogP contribution in [0, 0.1) is 0 Å². The van der Waals surface area contributed by atoms with Crippen molar-refractivity contribution >= 4 is 23.0 Å². The van der Waals surface area contributed by atoms with E-state index >= 15 is 0 Å². The number of ether oxygens (including phenoxy) is 3. The Morgan fingerprint density at radius 3 is 2.51 bits per heavy atom. The highest BCUT2D eigenvalue weighted by atomic mass is 16.6. The lowest BCUT2D eigenvalue weighted by atomic mass is 9.98. The fourth-order valence-corrected chi connectivity index (χ4v) is 4.30. The van der Waals surface area contributed by atoms with Gasteiger partial charge in [0.2, 0.25) is 0 Å². The van der Waals surface area contributed by atoms with Crippen LogP contribution in [0.15, 0.2) is 71.3 Å². The van der Waals surface area contributed by atoms with E-state index in [1.54, 1.807) is 6.26 Å². The van der Waals surface area contributed by atoms with E-state index in [0.29, 0.717) is 17.9 Å². The third-order valence-electron chi connectivity index (χ3n) is 6.17. The average Bonchev–Trinajstić information content (AvgIpc) is 3.38. The maximum atomic E-state index is 12.1. The maximum Gasteiger partial charge on any atom is 0.407 e. The zero-order valence-corrected chi connectivity index (χ0v) is 23.1. The van der Waals surface area contributed by atoms with Gasteiger partial charge >= 0.3 is 12.1 Å². The smallest absolute Gasteiger partial charge is 0.407 e. The van der Waals surface area contributed by atoms with Crippen LogP contribution in [-0.2, 0) is 40.3 Å². The van der Waals surface area contributed by atoms with Crippen LogP contribution in [0.1, 0.15) is 49.9 Å². The van der Waals surface area contributed by atoms with Gasteiger partial charge in [-0.15, -0.1) is 0 Å². The number of alkyl carbamates (subject to hydrolysis) is 1. The third-order valence-corrected chi connectivity index (χ3v) is 6.17. The lowest BCUT2D eigenvalue weighted by Gasteiger charge is -2.20. The molecule has 1 amide bonds. The standard InChI is InChI=1S/C32H35NO6/c1-6-21-8-7-9-24(14-21)27-17-23(16-25-12-13-37-30(25)27)20-38-28-11-10-22(15-26(28)18-29(34)36-5)19-33-31(35)39-32(2,3)4/h7-17H,6,18-20H2,1-5H3,(H,33,35). The number of hydrogen-bond donors (Lipinski definition) is 1. The molecule has 0 saturated carbocycles. The van der Waals surface area contributed by atoms with Crippen LogP contribution in [0.5, 0.6) is 5.75 Å². The molecule has 7 heteroatoms. The molecule has 4 rings (SSSR count). The molecule has 1 aromatic heterocycles. The van der Waals surface area contributed by atoms with E-state index in [9.17, 15) is 9.59 Å². The number of carbonyl (C=O) groups is 2. The second-order valence-electron chi connectivity index (χ2n) is 10.4. The van der Waals surface area contributed by atoms with Crippen molar-refractivity contribution in [1.29, 1.82) is 0 Å². The maximum absolute atomic E-state index is 12.1. The largest absolute Gasteiger partial charge is 0.489 e. The molecule has 0 saturated heterocycles. The number of furan rings is 1. The first kappa shape index (κ1) is 27.8. The van der Waals surface area contributed by atoms with Gasteiger partial charge in [-0.1, -0.05) is 37.3 Å². The molecule has 1 heterocycles. The number of amides is 1. The Morgan fingerprint density at radius 1 is 0.949 bits per heavy atom. The summed E-state index contributed by atoms with van der Waals surface area (Å²) in [6.45, 7) is 8.11. The minimum absolute atomic E-state index is 0.0436. The first-order valence-electron chi connectivity index (χ1n) is 13.0. The number of hydrogen-bond acceptors (Lipinski definition) is 6. The Hall–Kier alpha value is -4.26. The molecule has 0 aliphatic heterocycles. The number of methoxy groups -OCH3 is 1. The SMILES string of the molecule is CCc1cccc(-c2cc(COc3ccc(CNC(=O)OC(C)(C)C)cc3CC(=O)OC)cc3ccoc23)c1. The topological polar surface area (TPSA) is 87.0 Å². The van der Waals surface area contributed by atoms with Crippen molar-refractivity contribution in [3.05, 3.63) is 89.2 Å². The second-order valence-corrected chi connectivity index (χ2v) is 10.4. The number of aryl methyl sites for hydroxylation is 1. The number of nitrogens with one attached hydrogen (secondary N) is 1. The minimum Gasteiger partial charge on any atom is -0.489 e. The van der Waals surface area contributed by atoms with E-state index in [1.165, 1.54) is 12.7 Å². The average molecular weight is 530 g/mol. The predicted molar refractivity (Wildman–Crippen MR) is 151 cm³/mol. The van der Waals surface area contributed by atoms with Gasteiger partial charge in [-0.3, -0.25) is 4.79 Å². The molecule has 204 valence electrons. The summed E-state index contributed by atoms with van der Waals surface area (Å²) in [5, 5.41) is 3.74. The Morgan fingerprint density at radius 2 is 1.77 bits per heavy atom. The van der Waals surface area contributed by atoms with Crippen molar-refractivity contribution in [2.45, 2.75) is 59.3 Å². The van der Waals surface area contributed by atoms with E-state index < -0.39 is 11.7 Å². The van der Waals surface area contributed by atoms with Crippen molar-refractivity contribution in [3.63, 3.8) is 0 Å². The van der Waals surface area contributed by atoms with Crippen LogP contribution in [0.4, 0.5) is 4.79 Å². The van der Waals surface area contributed by atoms with Gasteiger partial charge in [-0.05, 0) is 79.8 Å². The number of benzene rings is 3. The molecule has 0 radical (unpaired) electrons. The Bertz CT molecular complexity index is 1460. The molecular formula is C32H35NO6. The summed E-state index contributed by atoms with van der Waals surface area (Å²) in [5.41, 5.74) is 6.05. The number of fused-ring (bicyclic) bond motifs is 1. The predicted octanol–water partition coefficient (Wildman–Crippen LogP) is 6.98. The number of rotatable bonds is 9. The summed E-state index contributed by atoms with van der Waals surface area (Å²) < 4.78 is 22.2. The van der Waals surface area contributed by atoms with Gasteiger partial charge in [0, 0.05) is 23.1 Å². The summed E-state index contributed by atoms with van der Waals surface area (Å²) in [6, 6.07) is 20.0. The normalized spacial score (nSPS) is 11.3. The second kappa shape index (κ2) is 12.1. The van der Waals surface area contributed by atoms with Crippen LogP contribution in [0.3, 0.4) is 0 Å². The molecule has 0 bridgehead atoms. The zero-order valence-electron chi connectivity index (χ0n) is 23.1. The van der Waals surface area contributed by atoms with Gasteiger partial charge < -0.3 is 23.9 Å². The number of carbonyl (C=O) groups excluding carboxylic acids is 2. The highest BCUT2D eigenvalue weighted by Crippen LogP contribution is 2.32. The van der Waals surface area contributed by atoms with Crippen molar-refractivity contribution in [1.82, 2.24) is 5.32 Å². The summed E-state index contributed by atoms with van der Waals surface area (Å²) in [7, 11) is 1.35. The molecule has 0 atom stereocenters. The first-order chi connectivity index (χ1) is 18.6. The van der Waals surface area contributed by atoms with Gasteiger partial charge in [0.05, 0.1) is 19.8 Å². The molecule has 1 N–H and O–H groups in total. The van der Waals surface area contributed by atoms with E-state index in [4.69, 9.17) is 18.6 Å². The third kappa shape index (κ3) is 7.41. The molecule has 0 fully saturated rings. The first-order valence-corrected chi connectivity index (χ1v) is 13.0. The van der Waals surface area contributed by atoms with Crippen molar-refractivity contribution < 1.29 is 28.2 Å². The monoisotopic (exact) mass is 529 g/mol. The van der Waals surface area contributed by atoms with Gasteiger partial charge in [0.25, 0.3) is 0 Å². The summed E-state index contributed by atoms with van der Waals surface area (Å²) in [6.07, 6.45) is 2.18. The van der Waals surface area contributed by atoms with E-state index in [0.717, 1.165) is 39.6 Å². The Labute approximate surface area is 229 Å². The van der Waals surface area contributed by atoms with Gasteiger partial charge in [-0.25, -0.2) is 4.79 Å². The van der Waals surface area contributed by atoms with Crippen LogP contribution >= 0.6 is 0 Å². The van der Waals surface area contributed by atoms with Crippen molar-refractivity contribution in [2.75, 3.05) is 7.11 Å².